The molecule has 0 radical (unpaired) electrons. The summed E-state index contributed by atoms with van der Waals surface area (Å²) in [7, 11) is 0. The molecule has 0 saturated carbocycles. The molecule has 0 aliphatic carbocycles. The Labute approximate surface area is 118 Å². The summed E-state index contributed by atoms with van der Waals surface area (Å²) in [5.74, 6) is 0. The van der Waals surface area contributed by atoms with E-state index in [0.717, 1.165) is 13.0 Å². The monoisotopic (exact) mass is 260 g/mol. The second-order valence-electron chi connectivity index (χ2n) is 6.03. The topological polar surface area (TPSA) is 29.3 Å². The number of rotatable bonds is 4. The summed E-state index contributed by atoms with van der Waals surface area (Å²) >= 11 is 0. The van der Waals surface area contributed by atoms with Crippen molar-refractivity contribution >= 4 is 0 Å². The zero-order valence-electron chi connectivity index (χ0n) is 12.6. The standard InChI is InChI=1S/C17H28N2/c1-4-15-8-10-16(11-9-15)17(18)12-19-13(2)6-5-7-14(19)3/h8-11,13-14,17H,4-7,12,18H2,1-3H3/t13-,14+,17?. The van der Waals surface area contributed by atoms with Gasteiger partial charge in [-0.3, -0.25) is 4.90 Å². The quantitative estimate of drug-likeness (QED) is 0.897. The van der Waals surface area contributed by atoms with Crippen LogP contribution in [-0.2, 0) is 6.42 Å². The molecule has 2 N–H and O–H groups in total. The maximum Gasteiger partial charge on any atom is 0.0424 e. The fourth-order valence-corrected chi connectivity index (χ4v) is 3.17. The molecule has 0 aromatic heterocycles. The number of likely N-dealkylation sites (tertiary alicyclic amines) is 1. The maximum absolute atomic E-state index is 6.40. The lowest BCUT2D eigenvalue weighted by Gasteiger charge is -2.40. The Bertz CT molecular complexity index is 375. The summed E-state index contributed by atoms with van der Waals surface area (Å²) in [4.78, 5) is 2.59. The number of piperidine rings is 1. The van der Waals surface area contributed by atoms with E-state index in [2.05, 4.69) is 49.9 Å². The first-order chi connectivity index (χ1) is 9.11. The highest BCUT2D eigenvalue weighted by Gasteiger charge is 2.26. The summed E-state index contributed by atoms with van der Waals surface area (Å²) in [6, 6.07) is 10.3. The minimum atomic E-state index is 0.133. The van der Waals surface area contributed by atoms with Gasteiger partial charge in [0.25, 0.3) is 0 Å². The zero-order valence-corrected chi connectivity index (χ0v) is 12.6. The van der Waals surface area contributed by atoms with Crippen molar-refractivity contribution in [1.82, 2.24) is 4.90 Å². The molecule has 0 spiro atoms. The van der Waals surface area contributed by atoms with Gasteiger partial charge in [-0.25, -0.2) is 0 Å². The first kappa shape index (κ1) is 14.5. The average Bonchev–Trinajstić information content (AvgIpc) is 2.43. The number of hydrogen-bond donors (Lipinski definition) is 1. The van der Waals surface area contributed by atoms with Crippen molar-refractivity contribution < 1.29 is 0 Å². The van der Waals surface area contributed by atoms with Crippen LogP contribution in [0.1, 0.15) is 57.2 Å². The molecule has 1 unspecified atom stereocenters. The molecular weight excluding hydrogens is 232 g/mol. The molecule has 2 nitrogen and oxygen atoms in total. The van der Waals surface area contributed by atoms with E-state index in [0.29, 0.717) is 12.1 Å². The number of nitrogens with two attached hydrogens (primary N) is 1. The molecule has 1 aromatic rings. The van der Waals surface area contributed by atoms with Crippen LogP contribution in [0.5, 0.6) is 0 Å². The lowest BCUT2D eigenvalue weighted by Crippen LogP contribution is -2.46. The van der Waals surface area contributed by atoms with Gasteiger partial charge in [-0.05, 0) is 44.2 Å². The summed E-state index contributed by atoms with van der Waals surface area (Å²) in [5.41, 5.74) is 9.05. The van der Waals surface area contributed by atoms with Crippen LogP contribution in [0.4, 0.5) is 0 Å². The van der Waals surface area contributed by atoms with Crippen molar-refractivity contribution in [3.8, 4) is 0 Å². The molecule has 1 heterocycles. The van der Waals surface area contributed by atoms with Crippen molar-refractivity contribution in [2.45, 2.75) is 64.6 Å². The highest BCUT2D eigenvalue weighted by atomic mass is 15.2. The van der Waals surface area contributed by atoms with Crippen LogP contribution in [0.15, 0.2) is 24.3 Å². The predicted molar refractivity (Wildman–Crippen MR) is 82.2 cm³/mol. The van der Waals surface area contributed by atoms with E-state index < -0.39 is 0 Å². The van der Waals surface area contributed by atoms with Gasteiger partial charge in [0.05, 0.1) is 0 Å². The number of nitrogens with zero attached hydrogens (tertiary/aromatic N) is 1. The molecule has 1 aliphatic heterocycles. The van der Waals surface area contributed by atoms with Crippen LogP contribution in [0.3, 0.4) is 0 Å². The molecule has 1 saturated heterocycles. The fourth-order valence-electron chi connectivity index (χ4n) is 3.17. The lowest BCUT2D eigenvalue weighted by molar-refractivity contribution is 0.0961. The van der Waals surface area contributed by atoms with Crippen LogP contribution >= 0.6 is 0 Å². The molecule has 1 aliphatic rings. The third-order valence-electron chi connectivity index (χ3n) is 4.60. The molecule has 1 fully saturated rings. The minimum absolute atomic E-state index is 0.133. The van der Waals surface area contributed by atoms with E-state index in [1.807, 2.05) is 0 Å². The summed E-state index contributed by atoms with van der Waals surface area (Å²) in [6.45, 7) is 7.84. The van der Waals surface area contributed by atoms with Crippen LogP contribution in [0.25, 0.3) is 0 Å². The van der Waals surface area contributed by atoms with Crippen molar-refractivity contribution in [3.63, 3.8) is 0 Å². The second kappa shape index (κ2) is 6.53. The zero-order chi connectivity index (χ0) is 13.8. The van der Waals surface area contributed by atoms with Crippen LogP contribution in [0, 0.1) is 0 Å². The largest absolute Gasteiger partial charge is 0.323 e. The van der Waals surface area contributed by atoms with Gasteiger partial charge in [-0.2, -0.15) is 0 Å². The first-order valence-corrected chi connectivity index (χ1v) is 7.72. The van der Waals surface area contributed by atoms with Crippen molar-refractivity contribution in [2.75, 3.05) is 6.54 Å². The molecule has 2 rings (SSSR count). The predicted octanol–water partition coefficient (Wildman–Crippen LogP) is 3.51. The Balaban J connectivity index is 2.00. The average molecular weight is 260 g/mol. The van der Waals surface area contributed by atoms with Crippen molar-refractivity contribution in [2.24, 2.45) is 5.73 Å². The van der Waals surface area contributed by atoms with Gasteiger partial charge >= 0.3 is 0 Å². The number of benzene rings is 1. The van der Waals surface area contributed by atoms with E-state index in [9.17, 15) is 0 Å². The molecular formula is C17H28N2. The van der Waals surface area contributed by atoms with Gasteiger partial charge in [0, 0.05) is 24.7 Å². The van der Waals surface area contributed by atoms with Gasteiger partial charge in [0.2, 0.25) is 0 Å². The van der Waals surface area contributed by atoms with Gasteiger partial charge in [0.1, 0.15) is 0 Å². The second-order valence-corrected chi connectivity index (χ2v) is 6.03. The van der Waals surface area contributed by atoms with Gasteiger partial charge in [0.15, 0.2) is 0 Å². The fraction of sp³-hybridized carbons (Fsp3) is 0.647. The van der Waals surface area contributed by atoms with Crippen LogP contribution in [-0.4, -0.2) is 23.5 Å². The van der Waals surface area contributed by atoms with Crippen molar-refractivity contribution in [1.29, 1.82) is 0 Å². The van der Waals surface area contributed by atoms with E-state index in [-0.39, 0.29) is 6.04 Å². The normalized spacial score (nSPS) is 26.3. The number of hydrogen-bond acceptors (Lipinski definition) is 2. The van der Waals surface area contributed by atoms with Gasteiger partial charge in [-0.15, -0.1) is 0 Å². The van der Waals surface area contributed by atoms with Gasteiger partial charge < -0.3 is 5.73 Å². The summed E-state index contributed by atoms with van der Waals surface area (Å²) in [5, 5.41) is 0. The van der Waals surface area contributed by atoms with Gasteiger partial charge in [-0.1, -0.05) is 37.6 Å². The maximum atomic E-state index is 6.40. The van der Waals surface area contributed by atoms with Crippen LogP contribution < -0.4 is 5.73 Å². The van der Waals surface area contributed by atoms with E-state index >= 15 is 0 Å². The molecule has 106 valence electrons. The third-order valence-corrected chi connectivity index (χ3v) is 4.60. The lowest BCUT2D eigenvalue weighted by atomic mass is 9.95. The molecule has 3 atom stereocenters. The minimum Gasteiger partial charge on any atom is -0.323 e. The molecule has 1 aromatic carbocycles. The van der Waals surface area contributed by atoms with Crippen molar-refractivity contribution in [3.05, 3.63) is 35.4 Å². The molecule has 19 heavy (non-hydrogen) atoms. The van der Waals surface area contributed by atoms with E-state index in [1.54, 1.807) is 0 Å². The number of aryl methyl sites for hydroxylation is 1. The highest BCUT2D eigenvalue weighted by Crippen LogP contribution is 2.25. The van der Waals surface area contributed by atoms with E-state index in [1.165, 1.54) is 30.4 Å². The Morgan fingerprint density at radius 3 is 2.26 bits per heavy atom. The SMILES string of the molecule is CCc1ccc(C(N)CN2[C@H](C)CCC[C@@H]2C)cc1. The Morgan fingerprint density at radius 1 is 1.16 bits per heavy atom. The smallest absolute Gasteiger partial charge is 0.0424 e. The summed E-state index contributed by atoms with van der Waals surface area (Å²) in [6.07, 6.45) is 5.08. The van der Waals surface area contributed by atoms with Crippen LogP contribution in [0.2, 0.25) is 0 Å². The molecule has 2 heteroatoms. The Morgan fingerprint density at radius 2 is 1.74 bits per heavy atom. The Kier molecular flexibility index (Phi) is 5.00. The third kappa shape index (κ3) is 3.58. The van der Waals surface area contributed by atoms with E-state index in [4.69, 9.17) is 5.73 Å². The highest BCUT2D eigenvalue weighted by molar-refractivity contribution is 5.25. The first-order valence-electron chi connectivity index (χ1n) is 7.72. The Hall–Kier alpha value is -0.860. The summed E-state index contributed by atoms with van der Waals surface area (Å²) < 4.78 is 0. The molecule has 0 bridgehead atoms. The molecule has 0 amide bonds.